The second-order valence-electron chi connectivity index (χ2n) is 4.93. The molecule has 0 radical (unpaired) electrons. The van der Waals surface area contributed by atoms with Crippen LogP contribution in [0.1, 0.15) is 27.0 Å². The number of aryl methyl sites for hydroxylation is 1. The van der Waals surface area contributed by atoms with Crippen molar-refractivity contribution in [3.63, 3.8) is 0 Å². The van der Waals surface area contributed by atoms with Crippen molar-refractivity contribution in [2.24, 2.45) is 0 Å². The SMILES string of the molecule is Cc1ccccc1C(=O)/C(C#N)=C/c1ccc(C(F)(F)F)cc1. The Labute approximate surface area is 131 Å². The van der Waals surface area contributed by atoms with Gasteiger partial charge in [-0.2, -0.15) is 18.4 Å². The lowest BCUT2D eigenvalue weighted by atomic mass is 9.98. The number of nitrogens with zero attached hydrogens (tertiary/aromatic N) is 1. The third-order valence-electron chi connectivity index (χ3n) is 3.30. The van der Waals surface area contributed by atoms with Crippen LogP contribution in [-0.2, 0) is 6.18 Å². The first-order chi connectivity index (χ1) is 10.8. The summed E-state index contributed by atoms with van der Waals surface area (Å²) in [5, 5.41) is 9.17. The van der Waals surface area contributed by atoms with Gasteiger partial charge in [-0.05, 0) is 36.3 Å². The zero-order valence-corrected chi connectivity index (χ0v) is 12.2. The molecule has 5 heteroatoms. The van der Waals surface area contributed by atoms with Crippen molar-refractivity contribution in [2.45, 2.75) is 13.1 Å². The van der Waals surface area contributed by atoms with Crippen molar-refractivity contribution in [1.29, 1.82) is 5.26 Å². The Morgan fingerprint density at radius 3 is 2.22 bits per heavy atom. The van der Waals surface area contributed by atoms with E-state index >= 15 is 0 Å². The van der Waals surface area contributed by atoms with Gasteiger partial charge in [-0.1, -0.05) is 36.4 Å². The molecule has 0 spiro atoms. The summed E-state index contributed by atoms with van der Waals surface area (Å²) in [7, 11) is 0. The number of alkyl halides is 3. The minimum Gasteiger partial charge on any atom is -0.288 e. The van der Waals surface area contributed by atoms with Gasteiger partial charge in [-0.25, -0.2) is 0 Å². The standard InChI is InChI=1S/C18H12F3NO/c1-12-4-2-3-5-16(12)17(23)14(11-22)10-13-6-8-15(9-7-13)18(19,20)21/h2-10H,1H3/b14-10+. The maximum atomic E-state index is 12.5. The van der Waals surface area contributed by atoms with E-state index in [1.165, 1.54) is 18.2 Å². The van der Waals surface area contributed by atoms with Crippen LogP contribution >= 0.6 is 0 Å². The van der Waals surface area contributed by atoms with Gasteiger partial charge >= 0.3 is 6.18 Å². The van der Waals surface area contributed by atoms with E-state index in [4.69, 9.17) is 0 Å². The molecule has 2 aromatic rings. The van der Waals surface area contributed by atoms with Crippen LogP contribution in [0.3, 0.4) is 0 Å². The van der Waals surface area contributed by atoms with E-state index in [1.807, 2.05) is 6.07 Å². The summed E-state index contributed by atoms with van der Waals surface area (Å²) in [5.74, 6) is -0.453. The first kappa shape index (κ1) is 16.5. The Kier molecular flexibility index (Phi) is 4.65. The highest BCUT2D eigenvalue weighted by molar-refractivity contribution is 6.14. The Morgan fingerprint density at radius 2 is 1.70 bits per heavy atom. The largest absolute Gasteiger partial charge is 0.416 e. The molecule has 0 bridgehead atoms. The van der Waals surface area contributed by atoms with Gasteiger partial charge in [0.25, 0.3) is 0 Å². The summed E-state index contributed by atoms with van der Waals surface area (Å²) in [6.07, 6.45) is -3.13. The minimum absolute atomic E-state index is 0.126. The lowest BCUT2D eigenvalue weighted by Crippen LogP contribution is -2.05. The highest BCUT2D eigenvalue weighted by atomic mass is 19.4. The zero-order valence-electron chi connectivity index (χ0n) is 12.2. The van der Waals surface area contributed by atoms with Gasteiger partial charge in [0, 0.05) is 5.56 Å². The van der Waals surface area contributed by atoms with Crippen LogP contribution in [0.5, 0.6) is 0 Å². The number of carbonyl (C=O) groups excluding carboxylic acids is 1. The van der Waals surface area contributed by atoms with E-state index in [0.717, 1.165) is 17.7 Å². The molecular weight excluding hydrogens is 303 g/mol. The number of hydrogen-bond donors (Lipinski definition) is 0. The van der Waals surface area contributed by atoms with Gasteiger partial charge in [0.1, 0.15) is 11.6 Å². The fourth-order valence-electron chi connectivity index (χ4n) is 2.06. The van der Waals surface area contributed by atoms with E-state index in [2.05, 4.69) is 0 Å². The molecule has 0 aliphatic carbocycles. The van der Waals surface area contributed by atoms with Crippen LogP contribution in [-0.4, -0.2) is 5.78 Å². The van der Waals surface area contributed by atoms with Gasteiger partial charge < -0.3 is 0 Å². The predicted molar refractivity (Wildman–Crippen MR) is 80.5 cm³/mol. The molecule has 0 aromatic heterocycles. The van der Waals surface area contributed by atoms with Crippen LogP contribution in [0.4, 0.5) is 13.2 Å². The molecular formula is C18H12F3NO. The van der Waals surface area contributed by atoms with Crippen LogP contribution in [0, 0.1) is 18.3 Å². The number of benzene rings is 2. The molecule has 0 atom stereocenters. The number of carbonyl (C=O) groups is 1. The molecule has 0 fully saturated rings. The molecule has 0 unspecified atom stereocenters. The Hall–Kier alpha value is -2.87. The fourth-order valence-corrected chi connectivity index (χ4v) is 2.06. The Bertz CT molecular complexity index is 796. The van der Waals surface area contributed by atoms with E-state index in [9.17, 15) is 23.2 Å². The van der Waals surface area contributed by atoms with Crippen molar-refractivity contribution in [3.8, 4) is 6.07 Å². The van der Waals surface area contributed by atoms with Crippen LogP contribution in [0.15, 0.2) is 54.1 Å². The summed E-state index contributed by atoms with van der Waals surface area (Å²) in [4.78, 5) is 12.4. The first-order valence-electron chi connectivity index (χ1n) is 6.72. The molecule has 2 rings (SSSR count). The maximum Gasteiger partial charge on any atom is 0.416 e. The van der Waals surface area contributed by atoms with Crippen molar-refractivity contribution in [1.82, 2.24) is 0 Å². The Balaban J connectivity index is 2.34. The fraction of sp³-hybridized carbons (Fsp3) is 0.111. The van der Waals surface area contributed by atoms with Gasteiger partial charge in [-0.3, -0.25) is 4.79 Å². The molecule has 2 nitrogen and oxygen atoms in total. The van der Waals surface area contributed by atoms with E-state index in [0.29, 0.717) is 11.1 Å². The van der Waals surface area contributed by atoms with E-state index in [-0.39, 0.29) is 5.57 Å². The van der Waals surface area contributed by atoms with Crippen LogP contribution in [0.25, 0.3) is 6.08 Å². The normalized spacial score (nSPS) is 11.9. The number of rotatable bonds is 3. The smallest absolute Gasteiger partial charge is 0.288 e. The summed E-state index contributed by atoms with van der Waals surface area (Å²) in [6, 6.07) is 12.9. The molecule has 0 aliphatic rings. The minimum atomic E-state index is -4.42. The third kappa shape index (κ3) is 3.86. The highest BCUT2D eigenvalue weighted by Crippen LogP contribution is 2.29. The zero-order chi connectivity index (χ0) is 17.0. The molecule has 116 valence electrons. The van der Waals surface area contributed by atoms with Crippen molar-refractivity contribution in [3.05, 3.63) is 76.4 Å². The number of hydrogen-bond acceptors (Lipinski definition) is 2. The summed E-state index contributed by atoms with van der Waals surface area (Å²) in [6.45, 7) is 1.75. The molecule has 0 amide bonds. The molecule has 0 N–H and O–H groups in total. The molecule has 2 aromatic carbocycles. The molecule has 23 heavy (non-hydrogen) atoms. The summed E-state index contributed by atoms with van der Waals surface area (Å²) >= 11 is 0. The van der Waals surface area contributed by atoms with Crippen molar-refractivity contribution < 1.29 is 18.0 Å². The number of Topliss-reactive ketones (excluding diaryl/α,β-unsaturated/α-hetero) is 1. The first-order valence-corrected chi connectivity index (χ1v) is 6.72. The molecule has 0 aliphatic heterocycles. The number of allylic oxidation sites excluding steroid dienone is 1. The van der Waals surface area contributed by atoms with Crippen LogP contribution in [0.2, 0.25) is 0 Å². The van der Waals surface area contributed by atoms with Gasteiger partial charge in [0.2, 0.25) is 5.78 Å². The lowest BCUT2D eigenvalue weighted by Gasteiger charge is -2.06. The van der Waals surface area contributed by atoms with E-state index in [1.54, 1.807) is 31.2 Å². The molecule has 0 saturated heterocycles. The highest BCUT2D eigenvalue weighted by Gasteiger charge is 2.29. The van der Waals surface area contributed by atoms with Crippen LogP contribution < -0.4 is 0 Å². The van der Waals surface area contributed by atoms with Gasteiger partial charge in [0.15, 0.2) is 0 Å². The topological polar surface area (TPSA) is 40.9 Å². The van der Waals surface area contributed by atoms with Crippen molar-refractivity contribution >= 4 is 11.9 Å². The predicted octanol–water partition coefficient (Wildman–Crippen LogP) is 4.80. The molecule has 0 saturated carbocycles. The van der Waals surface area contributed by atoms with E-state index < -0.39 is 17.5 Å². The number of ketones is 1. The average Bonchev–Trinajstić information content (AvgIpc) is 2.52. The summed E-state index contributed by atoms with van der Waals surface area (Å²) < 4.78 is 37.6. The lowest BCUT2D eigenvalue weighted by molar-refractivity contribution is -0.137. The van der Waals surface area contributed by atoms with Gasteiger partial charge in [-0.15, -0.1) is 0 Å². The monoisotopic (exact) mass is 315 g/mol. The maximum absolute atomic E-state index is 12.5. The number of nitriles is 1. The average molecular weight is 315 g/mol. The number of halogens is 3. The quantitative estimate of drug-likeness (QED) is 0.463. The third-order valence-corrected chi connectivity index (χ3v) is 3.30. The second kappa shape index (κ2) is 6.49. The molecule has 0 heterocycles. The summed E-state index contributed by atoms with van der Waals surface area (Å²) in [5.41, 5.74) is 0.576. The van der Waals surface area contributed by atoms with Crippen molar-refractivity contribution in [2.75, 3.05) is 0 Å². The Morgan fingerprint density at radius 1 is 1.09 bits per heavy atom. The van der Waals surface area contributed by atoms with Gasteiger partial charge in [0.05, 0.1) is 5.56 Å². The second-order valence-corrected chi connectivity index (χ2v) is 4.93.